The predicted molar refractivity (Wildman–Crippen MR) is 141 cm³/mol. The van der Waals surface area contributed by atoms with E-state index in [1.807, 2.05) is 24.0 Å². The van der Waals surface area contributed by atoms with E-state index in [9.17, 15) is 9.59 Å². The fourth-order valence-electron chi connectivity index (χ4n) is 6.17. The van der Waals surface area contributed by atoms with Crippen molar-refractivity contribution in [1.82, 2.24) is 25.0 Å². The highest BCUT2D eigenvalue weighted by atomic mass is 35.5. The number of ether oxygens (including phenoxy) is 1. The van der Waals surface area contributed by atoms with Crippen LogP contribution in [-0.2, 0) is 9.53 Å². The molecule has 0 bridgehead atoms. The van der Waals surface area contributed by atoms with E-state index in [1.165, 1.54) is 25.9 Å². The Balaban J connectivity index is 1.30. The van der Waals surface area contributed by atoms with Crippen molar-refractivity contribution in [3.05, 3.63) is 35.0 Å². The molecule has 0 unspecified atom stereocenters. The van der Waals surface area contributed by atoms with Crippen molar-refractivity contribution in [2.75, 3.05) is 59.5 Å². The van der Waals surface area contributed by atoms with Crippen molar-refractivity contribution in [3.8, 4) is 0 Å². The average Bonchev–Trinajstić information content (AvgIpc) is 3.33. The van der Waals surface area contributed by atoms with Crippen LogP contribution < -0.4 is 5.32 Å². The highest BCUT2D eigenvalue weighted by molar-refractivity contribution is 6.31. The first-order chi connectivity index (χ1) is 17.3. The van der Waals surface area contributed by atoms with Gasteiger partial charge >= 0.3 is 0 Å². The van der Waals surface area contributed by atoms with Gasteiger partial charge in [-0.05, 0) is 88.8 Å². The Kier molecular flexibility index (Phi) is 7.58. The number of hydrogen-bond donors (Lipinski definition) is 2. The Labute approximate surface area is 218 Å². The zero-order valence-electron chi connectivity index (χ0n) is 21.4. The first kappa shape index (κ1) is 25.5. The molecule has 3 saturated heterocycles. The minimum Gasteiger partial charge on any atom is -0.379 e. The first-order valence-corrected chi connectivity index (χ1v) is 13.6. The van der Waals surface area contributed by atoms with E-state index < -0.39 is 5.66 Å². The van der Waals surface area contributed by atoms with Gasteiger partial charge in [-0.25, -0.2) is 0 Å². The normalized spacial score (nSPS) is 23.0. The number of carbonyl (C=O) groups is 2. The van der Waals surface area contributed by atoms with Crippen molar-refractivity contribution < 1.29 is 14.3 Å². The van der Waals surface area contributed by atoms with Gasteiger partial charge < -0.3 is 24.8 Å². The lowest BCUT2D eigenvalue weighted by Crippen LogP contribution is -2.69. The molecule has 1 aromatic carbocycles. The molecule has 8 nitrogen and oxygen atoms in total. The third-order valence-electron chi connectivity index (χ3n) is 8.50. The van der Waals surface area contributed by atoms with Gasteiger partial charge in [0.05, 0.1) is 13.2 Å². The summed E-state index contributed by atoms with van der Waals surface area (Å²) in [5, 5.41) is 4.58. The molecule has 0 saturated carbocycles. The highest BCUT2D eigenvalue weighted by Crippen LogP contribution is 2.33. The van der Waals surface area contributed by atoms with Crippen molar-refractivity contribution >= 4 is 34.3 Å². The van der Waals surface area contributed by atoms with Crippen LogP contribution >= 0.6 is 11.6 Å². The molecule has 196 valence electrons. The number of amides is 2. The molecule has 3 fully saturated rings. The fourth-order valence-corrected chi connectivity index (χ4v) is 6.35. The number of nitrogens with zero attached hydrogens (tertiary/aromatic N) is 3. The second-order valence-electron chi connectivity index (χ2n) is 10.8. The van der Waals surface area contributed by atoms with E-state index in [-0.39, 0.29) is 11.8 Å². The van der Waals surface area contributed by atoms with Crippen LogP contribution in [-0.4, -0.2) is 96.7 Å². The van der Waals surface area contributed by atoms with E-state index in [4.69, 9.17) is 16.3 Å². The van der Waals surface area contributed by atoms with Gasteiger partial charge in [-0.1, -0.05) is 11.6 Å². The molecule has 0 aliphatic carbocycles. The molecule has 3 aliphatic rings. The average molecular weight is 516 g/mol. The monoisotopic (exact) mass is 515 g/mol. The van der Waals surface area contributed by atoms with Crippen LogP contribution in [0.15, 0.2) is 24.3 Å². The molecular formula is C27H38ClN5O3. The molecular weight excluding hydrogens is 478 g/mol. The van der Waals surface area contributed by atoms with Crippen molar-refractivity contribution in [2.24, 2.45) is 11.8 Å². The highest BCUT2D eigenvalue weighted by Gasteiger charge is 2.45. The number of likely N-dealkylation sites (tertiary alicyclic amines) is 2. The number of piperidine rings is 2. The largest absolute Gasteiger partial charge is 0.379 e. The van der Waals surface area contributed by atoms with Gasteiger partial charge in [0, 0.05) is 42.1 Å². The smallest absolute Gasteiger partial charge is 0.269 e. The summed E-state index contributed by atoms with van der Waals surface area (Å²) < 4.78 is 5.55. The molecule has 5 rings (SSSR count). The summed E-state index contributed by atoms with van der Waals surface area (Å²) in [4.78, 5) is 37.0. The Morgan fingerprint density at radius 2 is 1.64 bits per heavy atom. The van der Waals surface area contributed by atoms with Crippen molar-refractivity contribution in [2.45, 2.75) is 38.3 Å². The van der Waals surface area contributed by atoms with Gasteiger partial charge in [-0.3, -0.25) is 14.5 Å². The van der Waals surface area contributed by atoms with Crippen LogP contribution in [0.25, 0.3) is 10.9 Å². The van der Waals surface area contributed by atoms with Gasteiger partial charge in [-0.2, -0.15) is 0 Å². The van der Waals surface area contributed by atoms with Crippen molar-refractivity contribution in [1.29, 1.82) is 0 Å². The number of hydrogen-bond acceptors (Lipinski definition) is 5. The van der Waals surface area contributed by atoms with Crippen LogP contribution in [0.3, 0.4) is 0 Å². The van der Waals surface area contributed by atoms with Gasteiger partial charge in [-0.15, -0.1) is 0 Å². The quantitative estimate of drug-likeness (QED) is 0.639. The number of H-pyrrole nitrogens is 1. The number of fused-ring (bicyclic) bond motifs is 1. The zero-order chi connectivity index (χ0) is 25.3. The predicted octanol–water partition coefficient (Wildman–Crippen LogP) is 3.18. The third-order valence-corrected chi connectivity index (χ3v) is 8.74. The standard InChI is InChI=1S/C27H38ClN5O3/c1-27(33-13-15-36-16-14-33,30-25(34)24-18-21-17-22(28)3-4-23(21)29-24)26(35)32-11-7-20(8-12-32)19-5-9-31(2)10-6-19/h3-4,17-20,29H,5-16H2,1-2H3,(H,30,34)/t27-/m0/s1. The van der Waals surface area contributed by atoms with Gasteiger partial charge in [0.25, 0.3) is 11.8 Å². The molecule has 3 aliphatic heterocycles. The summed E-state index contributed by atoms with van der Waals surface area (Å²) in [5.41, 5.74) is 0.108. The Morgan fingerprint density at radius 1 is 1.00 bits per heavy atom. The van der Waals surface area contributed by atoms with Gasteiger partial charge in [0.15, 0.2) is 5.66 Å². The summed E-state index contributed by atoms with van der Waals surface area (Å²) in [6, 6.07) is 7.26. The molecule has 9 heteroatoms. The first-order valence-electron chi connectivity index (χ1n) is 13.2. The van der Waals surface area contributed by atoms with Gasteiger partial charge in [0.1, 0.15) is 5.69 Å². The number of rotatable bonds is 5. The van der Waals surface area contributed by atoms with Crippen molar-refractivity contribution in [3.63, 3.8) is 0 Å². The molecule has 36 heavy (non-hydrogen) atoms. The number of nitrogens with one attached hydrogen (secondary N) is 2. The molecule has 4 heterocycles. The number of halogens is 1. The summed E-state index contributed by atoms with van der Waals surface area (Å²) >= 11 is 6.12. The molecule has 2 N–H and O–H groups in total. The Hall–Kier alpha value is -2.13. The molecule has 2 amide bonds. The number of aromatic amines is 1. The van der Waals surface area contributed by atoms with E-state index in [1.54, 1.807) is 12.1 Å². The van der Waals surface area contributed by atoms with E-state index in [0.29, 0.717) is 42.9 Å². The van der Waals surface area contributed by atoms with Crippen LogP contribution in [0.2, 0.25) is 5.02 Å². The molecule has 0 spiro atoms. The minimum atomic E-state index is -1.14. The molecule has 2 aromatic rings. The number of benzene rings is 1. The minimum absolute atomic E-state index is 0.0290. The lowest BCUT2D eigenvalue weighted by molar-refractivity contribution is -0.150. The van der Waals surface area contributed by atoms with Crippen LogP contribution in [0.5, 0.6) is 0 Å². The maximum atomic E-state index is 14.0. The summed E-state index contributed by atoms with van der Waals surface area (Å²) in [7, 11) is 2.20. The third kappa shape index (κ3) is 5.28. The second-order valence-corrected chi connectivity index (χ2v) is 11.2. The van der Waals surface area contributed by atoms with Crippen LogP contribution in [0.1, 0.15) is 43.1 Å². The van der Waals surface area contributed by atoms with E-state index in [2.05, 4.69) is 27.1 Å². The maximum Gasteiger partial charge on any atom is 0.269 e. The molecule has 1 atom stereocenters. The summed E-state index contributed by atoms with van der Waals surface area (Å²) in [6.45, 7) is 7.96. The second kappa shape index (κ2) is 10.7. The molecule has 1 aromatic heterocycles. The lowest BCUT2D eigenvalue weighted by Gasteiger charge is -2.46. The van der Waals surface area contributed by atoms with E-state index in [0.717, 1.165) is 42.8 Å². The lowest BCUT2D eigenvalue weighted by atomic mass is 9.78. The topological polar surface area (TPSA) is 80.9 Å². The van der Waals surface area contributed by atoms with Gasteiger partial charge in [0.2, 0.25) is 0 Å². The number of morpholine rings is 1. The number of aromatic nitrogens is 1. The Bertz CT molecular complexity index is 1080. The molecule has 0 radical (unpaired) electrons. The zero-order valence-corrected chi connectivity index (χ0v) is 22.1. The maximum absolute atomic E-state index is 14.0. The summed E-state index contributed by atoms with van der Waals surface area (Å²) in [5.74, 6) is 1.12. The SMILES string of the molecule is CN1CCC(C2CCN(C(=O)[C@@](C)(NC(=O)c3cc4cc(Cl)ccc4[nH]3)N3CCOCC3)CC2)CC1. The van der Waals surface area contributed by atoms with Crippen LogP contribution in [0.4, 0.5) is 0 Å². The van der Waals surface area contributed by atoms with Crippen LogP contribution in [0, 0.1) is 11.8 Å². The number of carbonyl (C=O) groups excluding carboxylic acids is 2. The summed E-state index contributed by atoms with van der Waals surface area (Å²) in [6.07, 6.45) is 4.59. The fraction of sp³-hybridized carbons (Fsp3) is 0.630. The Morgan fingerprint density at radius 3 is 2.31 bits per heavy atom. The van der Waals surface area contributed by atoms with E-state index >= 15 is 0 Å².